The monoisotopic (exact) mass is 310 g/mol. The fraction of sp³-hybridized carbons (Fsp3) is 0.250. The zero-order chi connectivity index (χ0) is 14.3. The van der Waals surface area contributed by atoms with Crippen LogP contribution in [0.2, 0.25) is 5.02 Å². The zero-order valence-corrected chi connectivity index (χ0v) is 12.4. The minimum Gasteiger partial charge on any atom is -0.490 e. The van der Waals surface area contributed by atoms with Gasteiger partial charge in [-0.3, -0.25) is 0 Å². The topological polar surface area (TPSA) is 9.23 Å². The first-order chi connectivity index (χ1) is 9.54. The van der Waals surface area contributed by atoms with Crippen molar-refractivity contribution in [3.63, 3.8) is 0 Å². The van der Waals surface area contributed by atoms with Gasteiger partial charge in [-0.05, 0) is 42.3 Å². The smallest absolute Gasteiger partial charge is 0.128 e. The van der Waals surface area contributed by atoms with Crippen LogP contribution in [-0.2, 0) is 6.42 Å². The molecule has 0 aromatic heterocycles. The third-order valence-electron chi connectivity index (χ3n) is 3.44. The van der Waals surface area contributed by atoms with E-state index in [1.807, 2.05) is 25.1 Å². The summed E-state index contributed by atoms with van der Waals surface area (Å²) < 4.78 is 19.5. The molecule has 1 nitrogen and oxygen atoms in total. The lowest BCUT2D eigenvalue weighted by Gasteiger charge is -2.13. The molecule has 1 heterocycles. The maximum Gasteiger partial charge on any atom is 0.128 e. The molecule has 20 heavy (non-hydrogen) atoms. The van der Waals surface area contributed by atoms with Crippen molar-refractivity contribution >= 4 is 23.2 Å². The van der Waals surface area contributed by atoms with Gasteiger partial charge in [0.05, 0.1) is 5.38 Å². The summed E-state index contributed by atoms with van der Waals surface area (Å²) in [6.07, 6.45) is 1.03. The number of alkyl halides is 1. The number of benzene rings is 2. The second-order valence-electron chi connectivity index (χ2n) is 5.03. The van der Waals surface area contributed by atoms with Crippen molar-refractivity contribution in [1.82, 2.24) is 0 Å². The predicted octanol–water partition coefficient (Wildman–Crippen LogP) is 5.13. The van der Waals surface area contributed by atoms with Crippen molar-refractivity contribution in [2.45, 2.75) is 24.8 Å². The van der Waals surface area contributed by atoms with E-state index in [2.05, 4.69) is 0 Å². The van der Waals surface area contributed by atoms with Crippen LogP contribution in [0, 0.1) is 5.82 Å². The van der Waals surface area contributed by atoms with E-state index in [-0.39, 0.29) is 11.9 Å². The number of ether oxygens (including phenoxy) is 1. The van der Waals surface area contributed by atoms with E-state index in [9.17, 15) is 4.39 Å². The number of halogens is 3. The molecule has 0 bridgehead atoms. The van der Waals surface area contributed by atoms with Crippen molar-refractivity contribution < 1.29 is 9.13 Å². The van der Waals surface area contributed by atoms with Gasteiger partial charge in [0, 0.05) is 17.0 Å². The lowest BCUT2D eigenvalue weighted by Crippen LogP contribution is -2.05. The van der Waals surface area contributed by atoms with Gasteiger partial charge < -0.3 is 4.74 Å². The molecule has 0 fully saturated rings. The molecule has 2 atom stereocenters. The van der Waals surface area contributed by atoms with Crippen LogP contribution in [0.5, 0.6) is 5.75 Å². The minimum absolute atomic E-state index is 0.178. The van der Waals surface area contributed by atoms with Gasteiger partial charge in [0.2, 0.25) is 0 Å². The van der Waals surface area contributed by atoms with Gasteiger partial charge >= 0.3 is 0 Å². The summed E-state index contributed by atoms with van der Waals surface area (Å²) in [5.74, 6) is 0.538. The molecule has 2 unspecified atom stereocenters. The van der Waals surface area contributed by atoms with Crippen LogP contribution in [0.3, 0.4) is 0 Å². The van der Waals surface area contributed by atoms with Gasteiger partial charge in [-0.25, -0.2) is 4.39 Å². The Morgan fingerprint density at radius 3 is 2.85 bits per heavy atom. The molecule has 1 aliphatic rings. The molecule has 0 radical (unpaired) electrons. The quantitative estimate of drug-likeness (QED) is 0.699. The van der Waals surface area contributed by atoms with Crippen molar-refractivity contribution in [3.05, 3.63) is 63.9 Å². The zero-order valence-electron chi connectivity index (χ0n) is 10.9. The fourth-order valence-corrected chi connectivity index (χ4v) is 2.97. The fourth-order valence-electron chi connectivity index (χ4n) is 2.49. The molecule has 2 aromatic carbocycles. The van der Waals surface area contributed by atoms with Gasteiger partial charge in [0.25, 0.3) is 0 Å². The molecule has 0 aliphatic carbocycles. The average Bonchev–Trinajstić information content (AvgIpc) is 2.79. The third-order valence-corrected chi connectivity index (χ3v) is 4.17. The van der Waals surface area contributed by atoms with E-state index in [1.54, 1.807) is 6.07 Å². The normalized spacial score (nSPS) is 18.5. The Morgan fingerprint density at radius 1 is 1.25 bits per heavy atom. The molecule has 0 saturated carbocycles. The van der Waals surface area contributed by atoms with Crippen LogP contribution >= 0.6 is 23.2 Å². The molecule has 0 amide bonds. The Morgan fingerprint density at radius 2 is 2.05 bits per heavy atom. The van der Waals surface area contributed by atoms with Crippen molar-refractivity contribution in [1.29, 1.82) is 0 Å². The lowest BCUT2D eigenvalue weighted by atomic mass is 10.0. The van der Waals surface area contributed by atoms with E-state index in [0.29, 0.717) is 10.6 Å². The van der Waals surface area contributed by atoms with Crippen molar-refractivity contribution in [2.75, 3.05) is 0 Å². The van der Waals surface area contributed by atoms with Gasteiger partial charge in [0.15, 0.2) is 0 Å². The minimum atomic E-state index is -0.560. The van der Waals surface area contributed by atoms with Crippen LogP contribution < -0.4 is 4.74 Å². The van der Waals surface area contributed by atoms with Crippen LogP contribution in [0.1, 0.15) is 29.0 Å². The number of rotatable bonds is 2. The van der Waals surface area contributed by atoms with Crippen molar-refractivity contribution in [2.24, 2.45) is 0 Å². The highest BCUT2D eigenvalue weighted by Crippen LogP contribution is 2.36. The van der Waals surface area contributed by atoms with Crippen molar-refractivity contribution in [3.8, 4) is 5.75 Å². The number of fused-ring (bicyclic) bond motifs is 1. The maximum absolute atomic E-state index is 13.9. The summed E-state index contributed by atoms with van der Waals surface area (Å²) in [5.41, 5.74) is 2.36. The van der Waals surface area contributed by atoms with Crippen LogP contribution in [0.25, 0.3) is 0 Å². The second-order valence-corrected chi connectivity index (χ2v) is 5.90. The van der Waals surface area contributed by atoms with E-state index >= 15 is 0 Å². The van der Waals surface area contributed by atoms with E-state index in [0.717, 1.165) is 23.3 Å². The second kappa shape index (κ2) is 5.27. The van der Waals surface area contributed by atoms with Gasteiger partial charge in [-0.1, -0.05) is 23.7 Å². The summed E-state index contributed by atoms with van der Waals surface area (Å²) in [5, 5.41) is -0.0833. The molecule has 0 saturated heterocycles. The van der Waals surface area contributed by atoms with Crippen LogP contribution in [-0.4, -0.2) is 6.10 Å². The molecule has 104 valence electrons. The summed E-state index contributed by atoms with van der Waals surface area (Å²) >= 11 is 12.3. The highest BCUT2D eigenvalue weighted by Gasteiger charge is 2.22. The average molecular weight is 311 g/mol. The molecular formula is C16H13Cl2FO. The largest absolute Gasteiger partial charge is 0.490 e. The van der Waals surface area contributed by atoms with E-state index < -0.39 is 5.38 Å². The summed E-state index contributed by atoms with van der Waals surface area (Å²) in [4.78, 5) is 0. The first-order valence-corrected chi connectivity index (χ1v) is 7.24. The van der Waals surface area contributed by atoms with Gasteiger partial charge in [-0.2, -0.15) is 0 Å². The number of hydrogen-bond donors (Lipinski definition) is 0. The van der Waals surface area contributed by atoms with Crippen LogP contribution in [0.15, 0.2) is 36.4 Å². The molecule has 2 aromatic rings. The highest BCUT2D eigenvalue weighted by atomic mass is 35.5. The Labute approximate surface area is 127 Å². The first kappa shape index (κ1) is 13.7. The van der Waals surface area contributed by atoms with Gasteiger partial charge in [-0.15, -0.1) is 11.6 Å². The van der Waals surface area contributed by atoms with E-state index in [1.165, 1.54) is 12.1 Å². The maximum atomic E-state index is 13.9. The molecule has 1 aliphatic heterocycles. The SMILES string of the molecule is CC1Cc2cc(C(Cl)c3cc(Cl)ccc3F)ccc2O1. The number of hydrogen-bond acceptors (Lipinski definition) is 1. The Hall–Kier alpha value is -1.25. The predicted molar refractivity (Wildman–Crippen MR) is 79.3 cm³/mol. The Kier molecular flexibility index (Phi) is 3.61. The molecule has 0 N–H and O–H groups in total. The molecule has 0 spiro atoms. The molecule has 3 rings (SSSR count). The summed E-state index contributed by atoms with van der Waals surface area (Å²) in [6.45, 7) is 2.02. The first-order valence-electron chi connectivity index (χ1n) is 6.43. The summed E-state index contributed by atoms with van der Waals surface area (Å²) in [6, 6.07) is 10.2. The highest BCUT2D eigenvalue weighted by molar-refractivity contribution is 6.30. The van der Waals surface area contributed by atoms with E-state index in [4.69, 9.17) is 27.9 Å². The Bertz CT molecular complexity index is 657. The third kappa shape index (κ3) is 2.50. The van der Waals surface area contributed by atoms with Crippen LogP contribution in [0.4, 0.5) is 4.39 Å². The standard InChI is InChI=1S/C16H13Cl2FO/c1-9-6-11-7-10(2-5-15(11)20-9)16(18)13-8-12(17)3-4-14(13)19/h2-5,7-9,16H,6H2,1H3. The lowest BCUT2D eigenvalue weighted by molar-refractivity contribution is 0.254. The molecule has 4 heteroatoms. The molecular weight excluding hydrogens is 298 g/mol. The Balaban J connectivity index is 1.97. The van der Waals surface area contributed by atoms with Gasteiger partial charge in [0.1, 0.15) is 17.7 Å². The summed E-state index contributed by atoms with van der Waals surface area (Å²) in [7, 11) is 0.